The van der Waals surface area contributed by atoms with Crippen molar-refractivity contribution in [3.8, 4) is 17.6 Å². The molecule has 1 atom stereocenters. The first kappa shape index (κ1) is 18.9. The second kappa shape index (κ2) is 8.70. The molecule has 27 heavy (non-hydrogen) atoms. The SMILES string of the molecule is COc1nccc(OC2CCCN(C(=O)c3ccc(OC(C)C)cc3)C2)n1. The van der Waals surface area contributed by atoms with E-state index in [2.05, 4.69) is 9.97 Å². The van der Waals surface area contributed by atoms with Gasteiger partial charge in [0, 0.05) is 24.4 Å². The van der Waals surface area contributed by atoms with Gasteiger partial charge < -0.3 is 19.1 Å². The molecule has 7 heteroatoms. The second-order valence-electron chi connectivity index (χ2n) is 6.71. The van der Waals surface area contributed by atoms with Crippen molar-refractivity contribution in [2.75, 3.05) is 20.2 Å². The fourth-order valence-corrected chi connectivity index (χ4v) is 3.01. The molecule has 0 spiro atoms. The van der Waals surface area contributed by atoms with Crippen molar-refractivity contribution >= 4 is 5.91 Å². The minimum Gasteiger partial charge on any atom is -0.491 e. The molecule has 1 aromatic carbocycles. The summed E-state index contributed by atoms with van der Waals surface area (Å²) in [4.78, 5) is 22.8. The number of nitrogens with zero attached hydrogens (tertiary/aromatic N) is 3. The summed E-state index contributed by atoms with van der Waals surface area (Å²) in [7, 11) is 1.51. The van der Waals surface area contributed by atoms with Crippen LogP contribution in [0.1, 0.15) is 37.0 Å². The summed E-state index contributed by atoms with van der Waals surface area (Å²) in [6.07, 6.45) is 3.34. The maximum atomic E-state index is 12.8. The number of methoxy groups -OCH3 is 1. The lowest BCUT2D eigenvalue weighted by Crippen LogP contribution is -2.44. The number of hydrogen-bond donors (Lipinski definition) is 0. The van der Waals surface area contributed by atoms with Gasteiger partial charge in [-0.1, -0.05) is 0 Å². The third kappa shape index (κ3) is 5.09. The van der Waals surface area contributed by atoms with Crippen molar-refractivity contribution < 1.29 is 19.0 Å². The molecule has 0 aliphatic carbocycles. The van der Waals surface area contributed by atoms with Crippen molar-refractivity contribution in [3.63, 3.8) is 0 Å². The lowest BCUT2D eigenvalue weighted by Gasteiger charge is -2.32. The number of benzene rings is 1. The maximum Gasteiger partial charge on any atom is 0.319 e. The van der Waals surface area contributed by atoms with Crippen LogP contribution in [-0.2, 0) is 0 Å². The van der Waals surface area contributed by atoms with Crippen LogP contribution in [0.5, 0.6) is 17.6 Å². The number of amides is 1. The lowest BCUT2D eigenvalue weighted by molar-refractivity contribution is 0.0525. The van der Waals surface area contributed by atoms with Gasteiger partial charge in [0.1, 0.15) is 11.9 Å². The van der Waals surface area contributed by atoms with Crippen molar-refractivity contribution in [3.05, 3.63) is 42.1 Å². The van der Waals surface area contributed by atoms with E-state index in [9.17, 15) is 4.79 Å². The molecule has 144 valence electrons. The summed E-state index contributed by atoms with van der Waals surface area (Å²) in [6.45, 7) is 5.19. The first-order valence-electron chi connectivity index (χ1n) is 9.15. The van der Waals surface area contributed by atoms with Gasteiger partial charge in [-0.3, -0.25) is 4.79 Å². The second-order valence-corrected chi connectivity index (χ2v) is 6.71. The highest BCUT2D eigenvalue weighted by molar-refractivity contribution is 5.94. The zero-order chi connectivity index (χ0) is 19.2. The van der Waals surface area contributed by atoms with Crippen molar-refractivity contribution in [2.45, 2.75) is 38.9 Å². The third-order valence-corrected chi connectivity index (χ3v) is 4.22. The maximum absolute atomic E-state index is 12.8. The monoisotopic (exact) mass is 371 g/mol. The standard InChI is InChI=1S/C20H25N3O4/c1-14(2)26-16-8-6-15(7-9-16)19(24)23-12-4-5-17(13-23)27-18-10-11-21-20(22-18)25-3/h6-11,14,17H,4-5,12-13H2,1-3H3. The smallest absolute Gasteiger partial charge is 0.319 e. The van der Waals surface area contributed by atoms with Crippen LogP contribution in [0.4, 0.5) is 0 Å². The molecule has 1 aliphatic heterocycles. The molecule has 1 aromatic heterocycles. The molecular formula is C20H25N3O4. The Hall–Kier alpha value is -2.83. The zero-order valence-electron chi connectivity index (χ0n) is 15.9. The van der Waals surface area contributed by atoms with Crippen molar-refractivity contribution in [1.29, 1.82) is 0 Å². The van der Waals surface area contributed by atoms with E-state index in [-0.39, 0.29) is 24.1 Å². The minimum atomic E-state index is -0.106. The average molecular weight is 371 g/mol. The average Bonchev–Trinajstić information content (AvgIpc) is 2.68. The highest BCUT2D eigenvalue weighted by atomic mass is 16.5. The first-order valence-corrected chi connectivity index (χ1v) is 9.15. The summed E-state index contributed by atoms with van der Waals surface area (Å²) in [5.41, 5.74) is 0.649. The lowest BCUT2D eigenvalue weighted by atomic mass is 10.1. The Morgan fingerprint density at radius 3 is 2.70 bits per heavy atom. The highest BCUT2D eigenvalue weighted by Gasteiger charge is 2.26. The van der Waals surface area contributed by atoms with Gasteiger partial charge in [-0.15, -0.1) is 0 Å². The Bertz CT molecular complexity index is 764. The van der Waals surface area contributed by atoms with E-state index in [0.717, 1.165) is 25.1 Å². The quantitative estimate of drug-likeness (QED) is 0.777. The van der Waals surface area contributed by atoms with Gasteiger partial charge in [-0.25, -0.2) is 4.98 Å². The molecule has 0 bridgehead atoms. The van der Waals surface area contributed by atoms with Crippen LogP contribution in [-0.4, -0.2) is 53.2 Å². The Kier molecular flexibility index (Phi) is 6.11. The molecule has 0 radical (unpaired) electrons. The summed E-state index contributed by atoms with van der Waals surface area (Å²) in [5.74, 6) is 1.22. The third-order valence-electron chi connectivity index (χ3n) is 4.22. The fraction of sp³-hybridized carbons (Fsp3) is 0.450. The predicted octanol–water partition coefficient (Wildman–Crippen LogP) is 2.96. The van der Waals surface area contributed by atoms with Gasteiger partial charge in [0.2, 0.25) is 5.88 Å². The number of likely N-dealkylation sites (tertiary alicyclic amines) is 1. The van der Waals surface area contributed by atoms with Crippen LogP contribution in [0, 0.1) is 0 Å². The minimum absolute atomic E-state index is 0.000310. The topological polar surface area (TPSA) is 73.8 Å². The highest BCUT2D eigenvalue weighted by Crippen LogP contribution is 2.21. The van der Waals surface area contributed by atoms with E-state index in [1.807, 2.05) is 30.9 Å². The Morgan fingerprint density at radius 2 is 2.00 bits per heavy atom. The molecule has 1 saturated heterocycles. The number of aromatic nitrogens is 2. The van der Waals surface area contributed by atoms with E-state index in [4.69, 9.17) is 14.2 Å². The summed E-state index contributed by atoms with van der Waals surface area (Å²) >= 11 is 0. The number of rotatable bonds is 6. The molecular weight excluding hydrogens is 346 g/mol. The molecule has 2 aromatic rings. The number of carbonyl (C=O) groups excluding carboxylic acids is 1. The van der Waals surface area contributed by atoms with Crippen LogP contribution in [0.25, 0.3) is 0 Å². The van der Waals surface area contributed by atoms with Gasteiger partial charge in [-0.2, -0.15) is 4.98 Å². The van der Waals surface area contributed by atoms with Gasteiger partial charge >= 0.3 is 6.01 Å². The van der Waals surface area contributed by atoms with E-state index in [0.29, 0.717) is 18.0 Å². The summed E-state index contributed by atoms with van der Waals surface area (Å²) in [5, 5.41) is 0. The van der Waals surface area contributed by atoms with Gasteiger partial charge in [-0.05, 0) is 51.0 Å². The van der Waals surface area contributed by atoms with Crippen LogP contribution in [0.15, 0.2) is 36.5 Å². The van der Waals surface area contributed by atoms with Crippen molar-refractivity contribution in [1.82, 2.24) is 14.9 Å². The molecule has 1 unspecified atom stereocenters. The Labute approximate surface area is 159 Å². The summed E-state index contributed by atoms with van der Waals surface area (Å²) in [6, 6.07) is 9.23. The van der Waals surface area contributed by atoms with Crippen LogP contribution < -0.4 is 14.2 Å². The van der Waals surface area contributed by atoms with Crippen LogP contribution in [0.3, 0.4) is 0 Å². The Balaban J connectivity index is 1.62. The molecule has 1 amide bonds. The molecule has 0 N–H and O–H groups in total. The van der Waals surface area contributed by atoms with Crippen LogP contribution in [0.2, 0.25) is 0 Å². The fourth-order valence-electron chi connectivity index (χ4n) is 3.01. The van der Waals surface area contributed by atoms with Crippen molar-refractivity contribution in [2.24, 2.45) is 0 Å². The van der Waals surface area contributed by atoms with Crippen LogP contribution >= 0.6 is 0 Å². The summed E-state index contributed by atoms with van der Waals surface area (Å²) < 4.78 is 16.6. The molecule has 1 fully saturated rings. The van der Waals surface area contributed by atoms with E-state index < -0.39 is 0 Å². The number of carbonyl (C=O) groups is 1. The molecule has 7 nitrogen and oxygen atoms in total. The zero-order valence-corrected chi connectivity index (χ0v) is 15.9. The number of ether oxygens (including phenoxy) is 3. The normalized spacial score (nSPS) is 16.9. The molecule has 2 heterocycles. The molecule has 3 rings (SSSR count). The van der Waals surface area contributed by atoms with Gasteiger partial charge in [0.05, 0.1) is 19.8 Å². The van der Waals surface area contributed by atoms with E-state index >= 15 is 0 Å². The molecule has 0 saturated carbocycles. The number of hydrogen-bond acceptors (Lipinski definition) is 6. The van der Waals surface area contributed by atoms with Gasteiger partial charge in [0.15, 0.2) is 0 Å². The predicted molar refractivity (Wildman–Crippen MR) is 100 cm³/mol. The van der Waals surface area contributed by atoms with E-state index in [1.165, 1.54) is 7.11 Å². The first-order chi connectivity index (χ1) is 13.0. The van der Waals surface area contributed by atoms with E-state index in [1.54, 1.807) is 24.4 Å². The van der Waals surface area contributed by atoms with Gasteiger partial charge in [0.25, 0.3) is 5.91 Å². The Morgan fingerprint density at radius 1 is 1.22 bits per heavy atom. The number of piperidine rings is 1. The largest absolute Gasteiger partial charge is 0.491 e. The molecule has 1 aliphatic rings.